The second kappa shape index (κ2) is 5.74. The van der Waals surface area contributed by atoms with Gasteiger partial charge < -0.3 is 10.2 Å². The Morgan fingerprint density at radius 3 is 2.35 bits per heavy atom. The van der Waals surface area contributed by atoms with Crippen LogP contribution in [0.15, 0.2) is 0 Å². The first-order valence-electron chi connectivity index (χ1n) is 8.08. The maximum absolute atomic E-state index is 12.9. The van der Waals surface area contributed by atoms with Gasteiger partial charge in [-0.3, -0.25) is 9.59 Å². The van der Waals surface area contributed by atoms with E-state index in [-0.39, 0.29) is 29.8 Å². The molecule has 1 N–H and O–H groups in total. The van der Waals surface area contributed by atoms with Gasteiger partial charge >= 0.3 is 0 Å². The smallest absolute Gasteiger partial charge is 0.246 e. The third-order valence-corrected chi connectivity index (χ3v) is 4.92. The van der Waals surface area contributed by atoms with E-state index in [2.05, 4.69) is 19.2 Å². The van der Waals surface area contributed by atoms with Gasteiger partial charge in [0.1, 0.15) is 11.6 Å². The Morgan fingerprint density at radius 1 is 1.25 bits per heavy atom. The van der Waals surface area contributed by atoms with Gasteiger partial charge in [0.2, 0.25) is 11.8 Å². The van der Waals surface area contributed by atoms with Crippen molar-refractivity contribution in [3.63, 3.8) is 0 Å². The largest absolute Gasteiger partial charge is 0.342 e. The predicted octanol–water partition coefficient (Wildman–Crippen LogP) is 2.47. The van der Waals surface area contributed by atoms with Gasteiger partial charge in [-0.15, -0.1) is 0 Å². The van der Waals surface area contributed by atoms with E-state index in [1.807, 2.05) is 18.7 Å². The van der Waals surface area contributed by atoms with E-state index in [1.165, 1.54) is 0 Å². The van der Waals surface area contributed by atoms with Crippen LogP contribution >= 0.6 is 0 Å². The molecule has 4 heteroatoms. The van der Waals surface area contributed by atoms with Gasteiger partial charge in [0.15, 0.2) is 0 Å². The molecule has 0 aromatic rings. The lowest BCUT2D eigenvalue weighted by Crippen LogP contribution is -2.72. The summed E-state index contributed by atoms with van der Waals surface area (Å²) in [7, 11) is 0. The molecule has 1 saturated carbocycles. The number of hydrogen-bond acceptors (Lipinski definition) is 2. The molecule has 1 saturated heterocycles. The zero-order valence-electron chi connectivity index (χ0n) is 13.2. The highest BCUT2D eigenvalue weighted by molar-refractivity contribution is 6.00. The molecule has 1 spiro atoms. The monoisotopic (exact) mass is 280 g/mol. The second-order valence-corrected chi connectivity index (χ2v) is 6.78. The topological polar surface area (TPSA) is 49.4 Å². The van der Waals surface area contributed by atoms with E-state index in [0.29, 0.717) is 0 Å². The zero-order chi connectivity index (χ0) is 14.9. The van der Waals surface area contributed by atoms with E-state index in [0.717, 1.165) is 38.5 Å². The Balaban J connectivity index is 2.36. The van der Waals surface area contributed by atoms with Crippen molar-refractivity contribution in [3.8, 4) is 0 Å². The number of rotatable bonds is 4. The van der Waals surface area contributed by atoms with Crippen LogP contribution in [0, 0.1) is 5.92 Å². The van der Waals surface area contributed by atoms with Gasteiger partial charge in [-0.1, -0.05) is 40.0 Å². The molecule has 114 valence electrons. The Morgan fingerprint density at radius 2 is 1.85 bits per heavy atom. The van der Waals surface area contributed by atoms with Gasteiger partial charge in [-0.05, 0) is 32.1 Å². The zero-order valence-corrected chi connectivity index (χ0v) is 13.2. The Bertz CT molecular complexity index is 386. The summed E-state index contributed by atoms with van der Waals surface area (Å²) in [5, 5.41) is 3.00. The lowest BCUT2D eigenvalue weighted by atomic mass is 9.85. The fourth-order valence-electron chi connectivity index (χ4n) is 3.87. The van der Waals surface area contributed by atoms with Crippen LogP contribution in [0.4, 0.5) is 0 Å². The minimum Gasteiger partial charge on any atom is -0.342 e. The fourth-order valence-corrected chi connectivity index (χ4v) is 3.87. The molecule has 2 aliphatic rings. The molecular weight excluding hydrogens is 252 g/mol. The lowest BCUT2D eigenvalue weighted by Gasteiger charge is -2.50. The van der Waals surface area contributed by atoms with E-state index in [4.69, 9.17) is 0 Å². The number of hydrogen-bond donors (Lipinski definition) is 1. The highest BCUT2D eigenvalue weighted by Crippen LogP contribution is 2.40. The third kappa shape index (κ3) is 2.33. The quantitative estimate of drug-likeness (QED) is 0.860. The first kappa shape index (κ1) is 15.3. The minimum atomic E-state index is -0.558. The Kier molecular flexibility index (Phi) is 4.40. The first-order valence-corrected chi connectivity index (χ1v) is 8.08. The maximum Gasteiger partial charge on any atom is 0.246 e. The summed E-state index contributed by atoms with van der Waals surface area (Å²) >= 11 is 0. The fraction of sp³-hybridized carbons (Fsp3) is 0.875. The molecule has 0 aromatic carbocycles. The predicted molar refractivity (Wildman–Crippen MR) is 79.2 cm³/mol. The van der Waals surface area contributed by atoms with Crippen molar-refractivity contribution < 1.29 is 9.59 Å². The number of amides is 2. The molecule has 1 aliphatic heterocycles. The molecular formula is C16H28N2O2. The van der Waals surface area contributed by atoms with Crippen molar-refractivity contribution in [2.75, 3.05) is 0 Å². The minimum absolute atomic E-state index is 0.0799. The molecule has 0 aromatic heterocycles. The van der Waals surface area contributed by atoms with Crippen molar-refractivity contribution in [2.45, 2.75) is 83.8 Å². The number of carbonyl (C=O) groups is 2. The molecule has 4 nitrogen and oxygen atoms in total. The van der Waals surface area contributed by atoms with Gasteiger partial charge in [0, 0.05) is 6.04 Å². The van der Waals surface area contributed by atoms with Crippen molar-refractivity contribution >= 4 is 11.8 Å². The molecule has 20 heavy (non-hydrogen) atoms. The lowest BCUT2D eigenvalue weighted by molar-refractivity contribution is -0.162. The SMILES string of the molecule is CCCC(C)N1C(=O)C(C(C)C)NC(=O)C12CCCC2. The highest BCUT2D eigenvalue weighted by Gasteiger charge is 2.55. The van der Waals surface area contributed by atoms with E-state index < -0.39 is 5.54 Å². The van der Waals surface area contributed by atoms with E-state index in [1.54, 1.807) is 0 Å². The van der Waals surface area contributed by atoms with Crippen LogP contribution in [0.3, 0.4) is 0 Å². The third-order valence-electron chi connectivity index (χ3n) is 4.92. The van der Waals surface area contributed by atoms with E-state index >= 15 is 0 Å². The van der Waals surface area contributed by atoms with Crippen LogP contribution < -0.4 is 5.32 Å². The number of carbonyl (C=O) groups excluding carboxylic acids is 2. The van der Waals surface area contributed by atoms with Gasteiger partial charge in [0.25, 0.3) is 0 Å². The summed E-state index contributed by atoms with van der Waals surface area (Å²) < 4.78 is 0. The van der Waals surface area contributed by atoms with Crippen molar-refractivity contribution in [1.82, 2.24) is 10.2 Å². The Hall–Kier alpha value is -1.06. The van der Waals surface area contributed by atoms with Crippen LogP contribution in [-0.2, 0) is 9.59 Å². The van der Waals surface area contributed by atoms with Crippen LogP contribution in [-0.4, -0.2) is 34.3 Å². The molecule has 1 heterocycles. The van der Waals surface area contributed by atoms with Crippen LogP contribution in [0.25, 0.3) is 0 Å². The van der Waals surface area contributed by atoms with Crippen LogP contribution in [0.2, 0.25) is 0 Å². The molecule has 1 aliphatic carbocycles. The van der Waals surface area contributed by atoms with Crippen molar-refractivity contribution in [3.05, 3.63) is 0 Å². The van der Waals surface area contributed by atoms with Crippen molar-refractivity contribution in [1.29, 1.82) is 0 Å². The second-order valence-electron chi connectivity index (χ2n) is 6.78. The summed E-state index contributed by atoms with van der Waals surface area (Å²) in [6.45, 7) is 8.22. The molecule has 2 rings (SSSR count). The van der Waals surface area contributed by atoms with E-state index in [9.17, 15) is 9.59 Å². The molecule has 2 atom stereocenters. The standard InChI is InChI=1S/C16H28N2O2/c1-5-8-12(4)18-14(19)13(11(2)3)17-15(20)16(18)9-6-7-10-16/h11-13H,5-10H2,1-4H3,(H,17,20). The van der Waals surface area contributed by atoms with Crippen molar-refractivity contribution in [2.24, 2.45) is 5.92 Å². The molecule has 0 radical (unpaired) electrons. The van der Waals surface area contributed by atoms with Gasteiger partial charge in [-0.2, -0.15) is 0 Å². The van der Waals surface area contributed by atoms with Crippen LogP contribution in [0.5, 0.6) is 0 Å². The summed E-state index contributed by atoms with van der Waals surface area (Å²) in [6.07, 6.45) is 5.73. The number of nitrogens with one attached hydrogen (secondary N) is 1. The normalized spacial score (nSPS) is 27.2. The first-order chi connectivity index (χ1) is 9.44. The number of piperazine rings is 1. The summed E-state index contributed by atoms with van der Waals surface area (Å²) in [5.74, 6) is 0.347. The summed E-state index contributed by atoms with van der Waals surface area (Å²) in [4.78, 5) is 27.5. The van der Waals surface area contributed by atoms with Gasteiger partial charge in [-0.25, -0.2) is 0 Å². The molecule has 0 bridgehead atoms. The molecule has 2 amide bonds. The molecule has 2 fully saturated rings. The average Bonchev–Trinajstić information content (AvgIpc) is 2.84. The Labute approximate surface area is 122 Å². The molecule has 2 unspecified atom stereocenters. The average molecular weight is 280 g/mol. The van der Waals surface area contributed by atoms with Gasteiger partial charge in [0.05, 0.1) is 0 Å². The number of nitrogens with zero attached hydrogens (tertiary/aromatic N) is 1. The summed E-state index contributed by atoms with van der Waals surface area (Å²) in [5.41, 5.74) is -0.558. The van der Waals surface area contributed by atoms with Crippen LogP contribution in [0.1, 0.15) is 66.2 Å². The highest BCUT2D eigenvalue weighted by atomic mass is 16.2. The summed E-state index contributed by atoms with van der Waals surface area (Å²) in [6, 6.07) is -0.203. The maximum atomic E-state index is 12.9.